The molecular formula is C14H20N4. The molecular weight excluding hydrogens is 224 g/mol. The molecule has 0 spiro atoms. The molecule has 0 aliphatic heterocycles. The molecule has 4 heteroatoms. The van der Waals surface area contributed by atoms with Gasteiger partial charge in [-0.25, -0.2) is 0 Å². The van der Waals surface area contributed by atoms with Crippen LogP contribution in [0.15, 0.2) is 24.7 Å². The SMILES string of the molecule is CCCn1cc(C(N)c2ncc(C)cc2C)cn1. The molecule has 0 saturated heterocycles. The second-order valence-corrected chi connectivity index (χ2v) is 4.73. The van der Waals surface area contributed by atoms with Gasteiger partial charge in [0.2, 0.25) is 0 Å². The standard InChI is InChI=1S/C14H20N4/c1-4-5-18-9-12(8-17-18)13(15)14-11(3)6-10(2)7-16-14/h6-9,13H,4-5,15H2,1-3H3. The van der Waals surface area contributed by atoms with E-state index in [0.717, 1.165) is 35.3 Å². The Bertz CT molecular complexity index is 530. The van der Waals surface area contributed by atoms with Gasteiger partial charge in [0.1, 0.15) is 0 Å². The third kappa shape index (κ3) is 2.59. The molecule has 0 amide bonds. The van der Waals surface area contributed by atoms with Gasteiger partial charge in [0.15, 0.2) is 0 Å². The van der Waals surface area contributed by atoms with Gasteiger partial charge in [-0.2, -0.15) is 5.10 Å². The van der Waals surface area contributed by atoms with Crippen LogP contribution >= 0.6 is 0 Å². The number of rotatable bonds is 4. The molecule has 0 aliphatic rings. The topological polar surface area (TPSA) is 56.7 Å². The lowest BCUT2D eigenvalue weighted by atomic mass is 10.0. The molecule has 0 saturated carbocycles. The van der Waals surface area contributed by atoms with Gasteiger partial charge < -0.3 is 5.73 Å². The zero-order valence-corrected chi connectivity index (χ0v) is 11.2. The summed E-state index contributed by atoms with van der Waals surface area (Å²) in [6.45, 7) is 7.14. The van der Waals surface area contributed by atoms with Gasteiger partial charge in [0.25, 0.3) is 0 Å². The molecule has 4 nitrogen and oxygen atoms in total. The van der Waals surface area contributed by atoms with Crippen molar-refractivity contribution in [2.75, 3.05) is 0 Å². The highest BCUT2D eigenvalue weighted by Crippen LogP contribution is 2.20. The van der Waals surface area contributed by atoms with Crippen molar-refractivity contribution in [2.45, 2.75) is 39.8 Å². The fraction of sp³-hybridized carbons (Fsp3) is 0.429. The Kier molecular flexibility index (Phi) is 3.77. The minimum atomic E-state index is -0.198. The summed E-state index contributed by atoms with van der Waals surface area (Å²) in [5, 5.41) is 4.31. The van der Waals surface area contributed by atoms with E-state index >= 15 is 0 Å². The average molecular weight is 244 g/mol. The maximum atomic E-state index is 6.26. The van der Waals surface area contributed by atoms with Gasteiger partial charge in [-0.1, -0.05) is 13.0 Å². The Hall–Kier alpha value is -1.68. The summed E-state index contributed by atoms with van der Waals surface area (Å²) < 4.78 is 1.93. The van der Waals surface area contributed by atoms with Crippen LogP contribution < -0.4 is 5.73 Å². The maximum absolute atomic E-state index is 6.26. The van der Waals surface area contributed by atoms with Crippen LogP contribution in [0.1, 0.15) is 41.8 Å². The lowest BCUT2D eigenvalue weighted by Gasteiger charge is -2.12. The van der Waals surface area contributed by atoms with Crippen LogP contribution in [-0.2, 0) is 6.54 Å². The number of nitrogens with zero attached hydrogens (tertiary/aromatic N) is 3. The molecule has 2 aromatic rings. The predicted molar refractivity (Wildman–Crippen MR) is 72.3 cm³/mol. The van der Waals surface area contributed by atoms with E-state index in [1.807, 2.05) is 37.1 Å². The summed E-state index contributed by atoms with van der Waals surface area (Å²) in [4.78, 5) is 4.45. The average Bonchev–Trinajstić information content (AvgIpc) is 2.77. The fourth-order valence-corrected chi connectivity index (χ4v) is 2.10. The molecule has 2 aromatic heterocycles. The van der Waals surface area contributed by atoms with Crippen molar-refractivity contribution < 1.29 is 0 Å². The highest BCUT2D eigenvalue weighted by Gasteiger charge is 2.14. The monoisotopic (exact) mass is 244 g/mol. The van der Waals surface area contributed by atoms with Gasteiger partial charge in [-0.3, -0.25) is 9.67 Å². The van der Waals surface area contributed by atoms with E-state index in [4.69, 9.17) is 5.73 Å². The molecule has 1 atom stereocenters. The third-order valence-electron chi connectivity index (χ3n) is 3.02. The molecule has 0 aromatic carbocycles. The first-order chi connectivity index (χ1) is 8.61. The summed E-state index contributed by atoms with van der Waals surface area (Å²) in [5.74, 6) is 0. The van der Waals surface area contributed by atoms with E-state index in [-0.39, 0.29) is 6.04 Å². The first kappa shape index (κ1) is 12.8. The summed E-state index contributed by atoms with van der Waals surface area (Å²) in [7, 11) is 0. The van der Waals surface area contributed by atoms with Gasteiger partial charge >= 0.3 is 0 Å². The van der Waals surface area contributed by atoms with Gasteiger partial charge in [0.05, 0.1) is 17.9 Å². The first-order valence-corrected chi connectivity index (χ1v) is 6.33. The summed E-state index contributed by atoms with van der Waals surface area (Å²) in [6.07, 6.45) is 6.77. The molecule has 2 rings (SSSR count). The van der Waals surface area contributed by atoms with E-state index in [0.29, 0.717) is 0 Å². The molecule has 0 radical (unpaired) electrons. The van der Waals surface area contributed by atoms with Crippen LogP contribution in [0, 0.1) is 13.8 Å². The van der Waals surface area contributed by atoms with Crippen molar-refractivity contribution in [1.29, 1.82) is 0 Å². The van der Waals surface area contributed by atoms with Crippen LogP contribution in [0.5, 0.6) is 0 Å². The number of nitrogens with two attached hydrogens (primary N) is 1. The Labute approximate surface area is 108 Å². The van der Waals surface area contributed by atoms with Crippen molar-refractivity contribution in [1.82, 2.24) is 14.8 Å². The number of pyridine rings is 1. The molecule has 18 heavy (non-hydrogen) atoms. The van der Waals surface area contributed by atoms with Crippen molar-refractivity contribution in [3.8, 4) is 0 Å². The molecule has 2 heterocycles. The van der Waals surface area contributed by atoms with Crippen molar-refractivity contribution in [3.05, 3.63) is 47.0 Å². The maximum Gasteiger partial charge on any atom is 0.0759 e. The Balaban J connectivity index is 2.26. The molecule has 0 aliphatic carbocycles. The third-order valence-corrected chi connectivity index (χ3v) is 3.02. The van der Waals surface area contributed by atoms with E-state index in [9.17, 15) is 0 Å². The number of hydrogen-bond acceptors (Lipinski definition) is 3. The second-order valence-electron chi connectivity index (χ2n) is 4.73. The van der Waals surface area contributed by atoms with Crippen LogP contribution in [-0.4, -0.2) is 14.8 Å². The Morgan fingerprint density at radius 1 is 1.33 bits per heavy atom. The predicted octanol–water partition coefficient (Wildman–Crippen LogP) is 2.35. The van der Waals surface area contributed by atoms with Crippen molar-refractivity contribution in [3.63, 3.8) is 0 Å². The number of aryl methyl sites for hydroxylation is 3. The number of aromatic nitrogens is 3. The largest absolute Gasteiger partial charge is 0.319 e. The van der Waals surface area contributed by atoms with E-state index in [1.165, 1.54) is 0 Å². The van der Waals surface area contributed by atoms with Gasteiger partial charge in [-0.05, 0) is 31.4 Å². The van der Waals surface area contributed by atoms with Crippen LogP contribution in [0.2, 0.25) is 0 Å². The van der Waals surface area contributed by atoms with E-state index < -0.39 is 0 Å². The van der Waals surface area contributed by atoms with Crippen molar-refractivity contribution in [2.24, 2.45) is 5.73 Å². The van der Waals surface area contributed by atoms with Crippen molar-refractivity contribution >= 4 is 0 Å². The zero-order valence-electron chi connectivity index (χ0n) is 11.2. The summed E-state index contributed by atoms with van der Waals surface area (Å²) in [5.41, 5.74) is 10.5. The molecule has 0 bridgehead atoms. The second kappa shape index (κ2) is 5.31. The Morgan fingerprint density at radius 2 is 2.11 bits per heavy atom. The fourth-order valence-electron chi connectivity index (χ4n) is 2.10. The molecule has 2 N–H and O–H groups in total. The molecule has 0 fully saturated rings. The minimum Gasteiger partial charge on any atom is -0.319 e. The normalized spacial score (nSPS) is 12.7. The van der Waals surface area contributed by atoms with Crippen LogP contribution in [0.4, 0.5) is 0 Å². The van der Waals surface area contributed by atoms with Crippen LogP contribution in [0.25, 0.3) is 0 Å². The Morgan fingerprint density at radius 3 is 2.78 bits per heavy atom. The highest BCUT2D eigenvalue weighted by molar-refractivity contribution is 5.31. The van der Waals surface area contributed by atoms with Gasteiger partial charge in [-0.15, -0.1) is 0 Å². The minimum absolute atomic E-state index is 0.198. The lowest BCUT2D eigenvalue weighted by Crippen LogP contribution is -2.14. The van der Waals surface area contributed by atoms with Crippen LogP contribution in [0.3, 0.4) is 0 Å². The zero-order chi connectivity index (χ0) is 13.1. The van der Waals surface area contributed by atoms with E-state index in [1.54, 1.807) is 0 Å². The quantitative estimate of drug-likeness (QED) is 0.898. The molecule has 1 unspecified atom stereocenters. The van der Waals surface area contributed by atoms with Gasteiger partial charge in [0, 0.05) is 24.5 Å². The smallest absolute Gasteiger partial charge is 0.0759 e. The highest BCUT2D eigenvalue weighted by atomic mass is 15.3. The summed E-state index contributed by atoms with van der Waals surface area (Å²) in [6, 6.07) is 1.91. The lowest BCUT2D eigenvalue weighted by molar-refractivity contribution is 0.601. The number of hydrogen-bond donors (Lipinski definition) is 1. The molecule has 96 valence electrons. The summed E-state index contributed by atoms with van der Waals surface area (Å²) >= 11 is 0. The van der Waals surface area contributed by atoms with E-state index in [2.05, 4.69) is 23.1 Å². The first-order valence-electron chi connectivity index (χ1n) is 6.33.